The number of nitrogens with zero attached hydrogens (tertiary/aromatic N) is 2. The molecule has 0 saturated carbocycles. The first-order valence-corrected chi connectivity index (χ1v) is 5.60. The number of benzene rings is 1. The fourth-order valence-corrected chi connectivity index (χ4v) is 2.01. The van der Waals surface area contributed by atoms with Crippen LogP contribution in [0.15, 0.2) is 23.1 Å². The summed E-state index contributed by atoms with van der Waals surface area (Å²) < 4.78 is 0. The number of non-ortho nitro benzene ring substituents is 1. The number of hydrogen-bond acceptors (Lipinski definition) is 5. The first-order chi connectivity index (χ1) is 7.69. The summed E-state index contributed by atoms with van der Waals surface area (Å²) in [6.45, 7) is 0.0991. The maximum Gasteiger partial charge on any atom is 0.270 e. The van der Waals surface area contributed by atoms with E-state index in [9.17, 15) is 10.1 Å². The van der Waals surface area contributed by atoms with E-state index in [1.54, 1.807) is 6.07 Å². The van der Waals surface area contributed by atoms with E-state index in [0.717, 1.165) is 0 Å². The predicted molar refractivity (Wildman–Crippen MR) is 60.2 cm³/mol. The Morgan fingerprint density at radius 1 is 1.56 bits per heavy atom. The highest BCUT2D eigenvalue weighted by Crippen LogP contribution is 2.26. The maximum absolute atomic E-state index is 10.5. The monoisotopic (exact) mass is 238 g/mol. The molecule has 16 heavy (non-hydrogen) atoms. The van der Waals surface area contributed by atoms with Crippen molar-refractivity contribution in [3.8, 4) is 6.07 Å². The maximum atomic E-state index is 10.5. The fraction of sp³-hybridized carbons (Fsp3) is 0.300. The van der Waals surface area contributed by atoms with Crippen molar-refractivity contribution < 1.29 is 10.0 Å². The normalized spacial score (nSPS) is 9.75. The molecule has 0 spiro atoms. The third-order valence-corrected chi connectivity index (χ3v) is 3.01. The molecule has 0 saturated heterocycles. The van der Waals surface area contributed by atoms with Crippen LogP contribution in [0, 0.1) is 21.4 Å². The van der Waals surface area contributed by atoms with Crippen molar-refractivity contribution >= 4 is 17.4 Å². The van der Waals surface area contributed by atoms with Gasteiger partial charge in [-0.3, -0.25) is 10.1 Å². The van der Waals surface area contributed by atoms with Gasteiger partial charge in [-0.2, -0.15) is 5.26 Å². The topological polar surface area (TPSA) is 87.2 Å². The molecule has 0 heterocycles. The molecule has 5 nitrogen and oxygen atoms in total. The molecule has 0 bridgehead atoms. The molecule has 0 aromatic heterocycles. The van der Waals surface area contributed by atoms with Crippen molar-refractivity contribution in [2.24, 2.45) is 0 Å². The molecular weight excluding hydrogens is 228 g/mol. The van der Waals surface area contributed by atoms with Gasteiger partial charge in [-0.1, -0.05) is 0 Å². The molecule has 1 N–H and O–H groups in total. The summed E-state index contributed by atoms with van der Waals surface area (Å²) in [5.74, 6) is 0.684. The van der Waals surface area contributed by atoms with Crippen LogP contribution in [0.3, 0.4) is 0 Å². The van der Waals surface area contributed by atoms with Gasteiger partial charge >= 0.3 is 0 Å². The minimum absolute atomic E-state index is 0.0805. The van der Waals surface area contributed by atoms with Crippen LogP contribution >= 0.6 is 11.8 Å². The number of nitriles is 1. The van der Waals surface area contributed by atoms with Gasteiger partial charge in [0.15, 0.2) is 0 Å². The van der Waals surface area contributed by atoms with Gasteiger partial charge in [-0.05, 0) is 12.5 Å². The Bertz CT molecular complexity index is 429. The molecule has 0 aliphatic carbocycles. The molecule has 1 rings (SSSR count). The lowest BCUT2D eigenvalue weighted by molar-refractivity contribution is -0.384. The van der Waals surface area contributed by atoms with Gasteiger partial charge < -0.3 is 5.11 Å². The Labute approximate surface area is 96.9 Å². The van der Waals surface area contributed by atoms with Crippen molar-refractivity contribution in [2.75, 3.05) is 12.4 Å². The summed E-state index contributed by atoms with van der Waals surface area (Å²) in [4.78, 5) is 10.7. The van der Waals surface area contributed by atoms with Gasteiger partial charge in [0, 0.05) is 29.4 Å². The van der Waals surface area contributed by atoms with Gasteiger partial charge in [0.2, 0.25) is 0 Å². The summed E-state index contributed by atoms with van der Waals surface area (Å²) in [5, 5.41) is 28.0. The predicted octanol–water partition coefficient (Wildman–Crippen LogP) is 1.94. The molecule has 1 aromatic rings. The van der Waals surface area contributed by atoms with Crippen LogP contribution in [0.5, 0.6) is 0 Å². The van der Waals surface area contributed by atoms with Crippen LogP contribution in [0.4, 0.5) is 5.69 Å². The Hall–Kier alpha value is -1.58. The standard InChI is InChI=1S/C10H10N2O3S/c11-7-8-6-9(12(14)15)2-3-10(8)16-5-1-4-13/h2-3,6,13H,1,4-5H2. The van der Waals surface area contributed by atoms with E-state index >= 15 is 0 Å². The Morgan fingerprint density at radius 2 is 2.31 bits per heavy atom. The first-order valence-electron chi connectivity index (χ1n) is 4.61. The first kappa shape index (κ1) is 12.5. The van der Waals surface area contributed by atoms with Gasteiger partial charge in [0.1, 0.15) is 6.07 Å². The lowest BCUT2D eigenvalue weighted by Crippen LogP contribution is -1.91. The van der Waals surface area contributed by atoms with Crippen LogP contribution in [0.1, 0.15) is 12.0 Å². The van der Waals surface area contributed by atoms with Crippen molar-refractivity contribution in [2.45, 2.75) is 11.3 Å². The third kappa shape index (κ3) is 3.22. The Balaban J connectivity index is 2.86. The second kappa shape index (κ2) is 6.10. The van der Waals surface area contributed by atoms with Crippen molar-refractivity contribution in [1.82, 2.24) is 0 Å². The molecule has 0 unspecified atom stereocenters. The second-order valence-corrected chi connectivity index (χ2v) is 4.11. The SMILES string of the molecule is N#Cc1cc([N+](=O)[O-])ccc1SCCCO. The minimum Gasteiger partial charge on any atom is -0.396 e. The Kier molecular flexibility index (Phi) is 4.76. The summed E-state index contributed by atoms with van der Waals surface area (Å²) in [5.41, 5.74) is 0.222. The zero-order valence-corrected chi connectivity index (χ0v) is 9.24. The fourth-order valence-electron chi connectivity index (χ4n) is 1.09. The van der Waals surface area contributed by atoms with E-state index < -0.39 is 4.92 Å². The summed E-state index contributed by atoms with van der Waals surface area (Å²) in [7, 11) is 0. The highest BCUT2D eigenvalue weighted by atomic mass is 32.2. The minimum atomic E-state index is -0.525. The second-order valence-electron chi connectivity index (χ2n) is 2.97. The van der Waals surface area contributed by atoms with Crippen molar-refractivity contribution in [1.29, 1.82) is 5.26 Å². The average Bonchev–Trinajstić information content (AvgIpc) is 2.29. The number of aliphatic hydroxyl groups is 1. The van der Waals surface area contributed by atoms with Crippen LogP contribution in [-0.4, -0.2) is 22.4 Å². The number of nitro groups is 1. The smallest absolute Gasteiger partial charge is 0.270 e. The van der Waals surface area contributed by atoms with E-state index in [4.69, 9.17) is 10.4 Å². The molecule has 6 heteroatoms. The van der Waals surface area contributed by atoms with E-state index in [0.29, 0.717) is 22.6 Å². The number of rotatable bonds is 5. The highest BCUT2D eigenvalue weighted by Gasteiger charge is 2.10. The number of aliphatic hydroxyl groups excluding tert-OH is 1. The quantitative estimate of drug-likeness (QED) is 0.366. The van der Waals surface area contributed by atoms with E-state index in [-0.39, 0.29) is 12.3 Å². The molecule has 0 aliphatic heterocycles. The summed E-state index contributed by atoms with van der Waals surface area (Å²) in [6.07, 6.45) is 0.631. The van der Waals surface area contributed by atoms with Crippen molar-refractivity contribution in [3.63, 3.8) is 0 Å². The van der Waals surface area contributed by atoms with Crippen molar-refractivity contribution in [3.05, 3.63) is 33.9 Å². The molecule has 0 amide bonds. The zero-order valence-electron chi connectivity index (χ0n) is 8.42. The van der Waals surface area contributed by atoms with Gasteiger partial charge in [0.05, 0.1) is 10.5 Å². The molecule has 0 radical (unpaired) electrons. The van der Waals surface area contributed by atoms with Crippen LogP contribution in [0.2, 0.25) is 0 Å². The summed E-state index contributed by atoms with van der Waals surface area (Å²) in [6, 6.07) is 6.14. The van der Waals surface area contributed by atoms with E-state index in [1.165, 1.54) is 23.9 Å². The molecule has 84 valence electrons. The van der Waals surface area contributed by atoms with Gasteiger partial charge in [-0.15, -0.1) is 11.8 Å². The Morgan fingerprint density at radius 3 is 2.88 bits per heavy atom. The lowest BCUT2D eigenvalue weighted by atomic mass is 10.2. The molecule has 0 fully saturated rings. The molecule has 0 aliphatic rings. The highest BCUT2D eigenvalue weighted by molar-refractivity contribution is 7.99. The largest absolute Gasteiger partial charge is 0.396 e. The molecule has 0 atom stereocenters. The number of nitro benzene ring substituents is 1. The average molecular weight is 238 g/mol. The molecule has 1 aromatic carbocycles. The zero-order chi connectivity index (χ0) is 12.0. The molecular formula is C10H10N2O3S. The number of hydrogen-bond donors (Lipinski definition) is 1. The van der Waals surface area contributed by atoms with Crippen LogP contribution in [-0.2, 0) is 0 Å². The summed E-state index contributed by atoms with van der Waals surface area (Å²) >= 11 is 1.41. The van der Waals surface area contributed by atoms with Crippen LogP contribution in [0.25, 0.3) is 0 Å². The van der Waals surface area contributed by atoms with Crippen LogP contribution < -0.4 is 0 Å². The lowest BCUT2D eigenvalue weighted by Gasteiger charge is -2.02. The number of thioether (sulfide) groups is 1. The van der Waals surface area contributed by atoms with E-state index in [2.05, 4.69) is 0 Å². The third-order valence-electron chi connectivity index (χ3n) is 1.85. The van der Waals surface area contributed by atoms with Gasteiger partial charge in [-0.25, -0.2) is 0 Å². The van der Waals surface area contributed by atoms with Gasteiger partial charge in [0.25, 0.3) is 5.69 Å². The van der Waals surface area contributed by atoms with E-state index in [1.807, 2.05) is 6.07 Å².